The molecule has 1 aromatic rings. The Kier molecular flexibility index (Phi) is 4.43. The summed E-state index contributed by atoms with van der Waals surface area (Å²) in [6.45, 7) is 4.83. The molecule has 4 heteroatoms. The molecular formula is C15H16BrNO2. The monoisotopic (exact) mass is 321 g/mol. The van der Waals surface area contributed by atoms with E-state index in [1.54, 1.807) is 6.08 Å². The van der Waals surface area contributed by atoms with Gasteiger partial charge < -0.3 is 9.64 Å². The van der Waals surface area contributed by atoms with Crippen molar-refractivity contribution in [2.24, 2.45) is 0 Å². The molecular weight excluding hydrogens is 306 g/mol. The molecule has 0 bridgehead atoms. The number of ether oxygens (including phenoxy) is 1. The van der Waals surface area contributed by atoms with Gasteiger partial charge in [0, 0.05) is 10.2 Å². The molecule has 0 spiro atoms. The summed E-state index contributed by atoms with van der Waals surface area (Å²) < 4.78 is 5.99. The number of hydrogen-bond acceptors (Lipinski definition) is 3. The van der Waals surface area contributed by atoms with E-state index < -0.39 is 0 Å². The molecule has 0 fully saturated rings. The van der Waals surface area contributed by atoms with Crippen molar-refractivity contribution in [3.05, 3.63) is 52.2 Å². The van der Waals surface area contributed by atoms with Gasteiger partial charge in [-0.25, -0.2) is 4.79 Å². The second-order valence-electron chi connectivity index (χ2n) is 4.14. The Balaban J connectivity index is 2.31. The number of hydrogen-bond donors (Lipinski definition) is 0. The van der Waals surface area contributed by atoms with E-state index in [2.05, 4.69) is 22.0 Å². The van der Waals surface area contributed by atoms with E-state index in [4.69, 9.17) is 4.74 Å². The molecule has 2 rings (SSSR count). The topological polar surface area (TPSA) is 29.5 Å². The third-order valence-electron chi connectivity index (χ3n) is 2.94. The van der Waals surface area contributed by atoms with Gasteiger partial charge in [-0.2, -0.15) is 0 Å². The highest BCUT2D eigenvalue weighted by molar-refractivity contribution is 9.11. The Morgan fingerprint density at radius 3 is 2.84 bits per heavy atom. The quantitative estimate of drug-likeness (QED) is 0.480. The minimum Gasteiger partial charge on any atom is -0.461 e. The maximum atomic E-state index is 12.1. The van der Waals surface area contributed by atoms with Crippen LogP contribution in [0.5, 0.6) is 0 Å². The summed E-state index contributed by atoms with van der Waals surface area (Å²) in [5.41, 5.74) is 2.87. The number of benzene rings is 1. The van der Waals surface area contributed by atoms with E-state index in [1.807, 2.05) is 43.0 Å². The van der Waals surface area contributed by atoms with Crippen LogP contribution in [0.25, 0.3) is 0 Å². The van der Waals surface area contributed by atoms with Gasteiger partial charge in [0.15, 0.2) is 0 Å². The predicted octanol–water partition coefficient (Wildman–Crippen LogP) is 3.75. The molecule has 100 valence electrons. The lowest BCUT2D eigenvalue weighted by molar-refractivity contribution is -0.138. The van der Waals surface area contributed by atoms with E-state index >= 15 is 0 Å². The zero-order chi connectivity index (χ0) is 13.8. The van der Waals surface area contributed by atoms with Crippen molar-refractivity contribution in [2.45, 2.75) is 20.4 Å². The second kappa shape index (κ2) is 6.06. The average molecular weight is 322 g/mol. The first kappa shape index (κ1) is 13.9. The molecule has 1 aliphatic heterocycles. The fourth-order valence-corrected chi connectivity index (χ4v) is 2.17. The second-order valence-corrected chi connectivity index (χ2v) is 5.05. The fraction of sp³-hybridized carbons (Fsp3) is 0.267. The van der Waals surface area contributed by atoms with Gasteiger partial charge >= 0.3 is 5.97 Å². The number of halogens is 1. The maximum Gasteiger partial charge on any atom is 0.354 e. The summed E-state index contributed by atoms with van der Waals surface area (Å²) in [5, 5.41) is 0. The zero-order valence-corrected chi connectivity index (χ0v) is 12.6. The number of carbonyl (C=O) groups excluding carboxylic acids is 1. The number of para-hydroxylation sites is 1. The summed E-state index contributed by atoms with van der Waals surface area (Å²) in [7, 11) is 0. The lowest BCUT2D eigenvalue weighted by Gasteiger charge is -2.36. The lowest BCUT2D eigenvalue weighted by Crippen LogP contribution is -2.35. The van der Waals surface area contributed by atoms with E-state index in [0.29, 0.717) is 12.3 Å². The van der Waals surface area contributed by atoms with Crippen molar-refractivity contribution >= 4 is 27.6 Å². The Hall–Kier alpha value is -1.55. The number of carbonyl (C=O) groups is 1. The molecule has 0 unspecified atom stereocenters. The summed E-state index contributed by atoms with van der Waals surface area (Å²) in [4.78, 5) is 14.0. The normalized spacial score (nSPS) is 14.8. The number of rotatable bonds is 4. The van der Waals surface area contributed by atoms with Gasteiger partial charge in [0.1, 0.15) is 5.70 Å². The SMILES string of the molecule is C/C=C(Br)\C=C(\C(=O)OCC)N1Cc2ccccc21. The Bertz CT molecular complexity index is 549. The van der Waals surface area contributed by atoms with Crippen molar-refractivity contribution in [3.63, 3.8) is 0 Å². The first-order valence-corrected chi connectivity index (χ1v) is 7.02. The van der Waals surface area contributed by atoms with Gasteiger partial charge in [-0.15, -0.1) is 0 Å². The molecule has 0 amide bonds. The molecule has 3 nitrogen and oxygen atoms in total. The van der Waals surface area contributed by atoms with Gasteiger partial charge in [0.05, 0.1) is 13.2 Å². The number of fused-ring (bicyclic) bond motifs is 1. The predicted molar refractivity (Wildman–Crippen MR) is 80.0 cm³/mol. The van der Waals surface area contributed by atoms with Crippen LogP contribution < -0.4 is 4.90 Å². The molecule has 19 heavy (non-hydrogen) atoms. The van der Waals surface area contributed by atoms with Crippen molar-refractivity contribution in [3.8, 4) is 0 Å². The molecule has 0 atom stereocenters. The smallest absolute Gasteiger partial charge is 0.354 e. The largest absolute Gasteiger partial charge is 0.461 e. The number of nitrogens with zero attached hydrogens (tertiary/aromatic N) is 1. The molecule has 0 saturated carbocycles. The van der Waals surface area contributed by atoms with Crippen molar-refractivity contribution < 1.29 is 9.53 Å². The number of anilines is 1. The molecule has 1 aromatic carbocycles. The van der Waals surface area contributed by atoms with Crippen LogP contribution in [0, 0.1) is 0 Å². The zero-order valence-electron chi connectivity index (χ0n) is 11.0. The van der Waals surface area contributed by atoms with E-state index in [9.17, 15) is 4.79 Å². The minimum absolute atomic E-state index is 0.296. The molecule has 0 N–H and O–H groups in total. The van der Waals surface area contributed by atoms with Crippen LogP contribution in [0.3, 0.4) is 0 Å². The van der Waals surface area contributed by atoms with Gasteiger partial charge in [0.2, 0.25) is 0 Å². The molecule has 1 heterocycles. The number of allylic oxidation sites excluding steroid dienone is 3. The van der Waals surface area contributed by atoms with Gasteiger partial charge in [-0.05, 0) is 31.6 Å². The highest BCUT2D eigenvalue weighted by Gasteiger charge is 2.29. The lowest BCUT2D eigenvalue weighted by atomic mass is 10.0. The average Bonchev–Trinajstić information content (AvgIpc) is 2.39. The highest BCUT2D eigenvalue weighted by atomic mass is 79.9. The summed E-state index contributed by atoms with van der Waals surface area (Å²) in [6, 6.07) is 8.05. The molecule has 0 aliphatic carbocycles. The number of esters is 1. The molecule has 0 radical (unpaired) electrons. The fourth-order valence-electron chi connectivity index (χ4n) is 1.95. The van der Waals surface area contributed by atoms with Crippen LogP contribution in [0.4, 0.5) is 5.69 Å². The van der Waals surface area contributed by atoms with Crippen molar-refractivity contribution in [1.82, 2.24) is 0 Å². The van der Waals surface area contributed by atoms with Crippen molar-refractivity contribution in [2.75, 3.05) is 11.5 Å². The van der Waals surface area contributed by atoms with Crippen LogP contribution in [0.2, 0.25) is 0 Å². The molecule has 0 saturated heterocycles. The van der Waals surface area contributed by atoms with Crippen LogP contribution in [0.15, 0.2) is 46.6 Å². The van der Waals surface area contributed by atoms with Crippen LogP contribution in [-0.4, -0.2) is 12.6 Å². The van der Waals surface area contributed by atoms with E-state index in [1.165, 1.54) is 5.56 Å². The minimum atomic E-state index is -0.296. The van der Waals surface area contributed by atoms with Crippen molar-refractivity contribution in [1.29, 1.82) is 0 Å². The van der Waals surface area contributed by atoms with Crippen LogP contribution in [-0.2, 0) is 16.1 Å². The van der Waals surface area contributed by atoms with E-state index in [0.717, 1.165) is 16.7 Å². The van der Waals surface area contributed by atoms with Gasteiger partial charge in [-0.1, -0.05) is 40.2 Å². The summed E-state index contributed by atoms with van der Waals surface area (Å²) in [6.07, 6.45) is 3.69. The third kappa shape index (κ3) is 2.89. The third-order valence-corrected chi connectivity index (χ3v) is 3.62. The van der Waals surface area contributed by atoms with Gasteiger partial charge in [0.25, 0.3) is 0 Å². The summed E-state index contributed by atoms with van der Waals surface area (Å²) in [5.74, 6) is -0.296. The van der Waals surface area contributed by atoms with Crippen LogP contribution in [0.1, 0.15) is 19.4 Å². The molecule has 0 aromatic heterocycles. The summed E-state index contributed by atoms with van der Waals surface area (Å²) >= 11 is 3.41. The Morgan fingerprint density at radius 2 is 2.21 bits per heavy atom. The first-order valence-electron chi connectivity index (χ1n) is 6.23. The maximum absolute atomic E-state index is 12.1. The first-order chi connectivity index (χ1) is 9.17. The Labute approximate surface area is 121 Å². The standard InChI is InChI=1S/C15H16BrNO2/c1-3-12(16)9-14(15(18)19-4-2)17-10-11-7-5-6-8-13(11)17/h3,5-9H,4,10H2,1-2H3/b12-3+,14-9-. The molecule has 1 aliphatic rings. The van der Waals surface area contributed by atoms with E-state index in [-0.39, 0.29) is 5.97 Å². The Morgan fingerprint density at radius 1 is 1.47 bits per heavy atom. The van der Waals surface area contributed by atoms with Crippen LogP contribution >= 0.6 is 15.9 Å². The van der Waals surface area contributed by atoms with Gasteiger partial charge in [-0.3, -0.25) is 0 Å². The highest BCUT2D eigenvalue weighted by Crippen LogP contribution is 2.36.